The minimum atomic E-state index is 0.774. The zero-order valence-corrected chi connectivity index (χ0v) is 11.9. The Labute approximate surface area is 122 Å². The van der Waals surface area contributed by atoms with Gasteiger partial charge in [0.25, 0.3) is 0 Å². The summed E-state index contributed by atoms with van der Waals surface area (Å²) < 4.78 is 2.20. The summed E-state index contributed by atoms with van der Waals surface area (Å²) in [6.07, 6.45) is 5.59. The smallest absolute Gasteiger partial charge is 0.169 e. The molecular formula is C16H15N3S. The van der Waals surface area contributed by atoms with E-state index in [1.54, 1.807) is 18.0 Å². The van der Waals surface area contributed by atoms with Crippen LogP contribution in [0.15, 0.2) is 66.6 Å². The van der Waals surface area contributed by atoms with Gasteiger partial charge in [-0.3, -0.25) is 4.98 Å². The molecule has 0 radical (unpaired) electrons. The van der Waals surface area contributed by atoms with Crippen LogP contribution in [0.3, 0.4) is 0 Å². The molecule has 0 N–H and O–H groups in total. The summed E-state index contributed by atoms with van der Waals surface area (Å²) in [4.78, 5) is 8.85. The van der Waals surface area contributed by atoms with Crippen LogP contribution in [0.2, 0.25) is 0 Å². The van der Waals surface area contributed by atoms with Crippen LogP contribution in [-0.2, 0) is 12.3 Å². The maximum Gasteiger partial charge on any atom is 0.169 e. The van der Waals surface area contributed by atoms with E-state index in [4.69, 9.17) is 4.98 Å². The van der Waals surface area contributed by atoms with Gasteiger partial charge in [-0.15, -0.1) is 6.58 Å². The molecule has 3 rings (SSSR count). The molecule has 0 atom stereocenters. The summed E-state index contributed by atoms with van der Waals surface area (Å²) in [5.74, 6) is 0.869. The second kappa shape index (κ2) is 5.92. The largest absolute Gasteiger partial charge is 0.315 e. The quantitative estimate of drug-likeness (QED) is 0.525. The van der Waals surface area contributed by atoms with Gasteiger partial charge < -0.3 is 4.57 Å². The Morgan fingerprint density at radius 1 is 1.20 bits per heavy atom. The van der Waals surface area contributed by atoms with Gasteiger partial charge in [-0.2, -0.15) is 0 Å². The summed E-state index contributed by atoms with van der Waals surface area (Å²) >= 11 is 1.73. The number of imidazole rings is 1. The van der Waals surface area contributed by atoms with Crippen LogP contribution >= 0.6 is 11.8 Å². The van der Waals surface area contributed by atoms with Gasteiger partial charge in [0.15, 0.2) is 5.16 Å². The predicted octanol–water partition coefficient (Wildman–Crippen LogP) is 3.91. The highest BCUT2D eigenvalue weighted by Gasteiger charge is 2.09. The predicted molar refractivity (Wildman–Crippen MR) is 83.7 cm³/mol. The van der Waals surface area contributed by atoms with E-state index >= 15 is 0 Å². The number of allylic oxidation sites excluding steroid dienone is 1. The Morgan fingerprint density at radius 2 is 2.10 bits per heavy atom. The highest BCUT2D eigenvalue weighted by Crippen LogP contribution is 2.26. The molecule has 0 aliphatic heterocycles. The second-order valence-corrected chi connectivity index (χ2v) is 5.37. The monoisotopic (exact) mass is 281 g/mol. The van der Waals surface area contributed by atoms with Crippen molar-refractivity contribution in [3.8, 4) is 0 Å². The molecule has 0 fully saturated rings. The molecule has 4 heteroatoms. The van der Waals surface area contributed by atoms with Crippen LogP contribution < -0.4 is 0 Å². The minimum Gasteiger partial charge on any atom is -0.315 e. The summed E-state index contributed by atoms with van der Waals surface area (Å²) in [5.41, 5.74) is 3.39. The van der Waals surface area contributed by atoms with E-state index in [1.165, 1.54) is 5.56 Å². The van der Waals surface area contributed by atoms with Gasteiger partial charge in [0, 0.05) is 24.7 Å². The second-order valence-electron chi connectivity index (χ2n) is 4.43. The SMILES string of the molecule is C=CCn1c(SCc2cccnc2)nc2ccccc21. The van der Waals surface area contributed by atoms with E-state index in [0.717, 1.165) is 28.5 Å². The molecule has 0 aliphatic carbocycles. The average Bonchev–Trinajstić information content (AvgIpc) is 2.85. The average molecular weight is 281 g/mol. The zero-order valence-electron chi connectivity index (χ0n) is 11.1. The molecule has 0 aliphatic rings. The van der Waals surface area contributed by atoms with E-state index in [2.05, 4.69) is 28.3 Å². The van der Waals surface area contributed by atoms with Crippen LogP contribution in [0, 0.1) is 0 Å². The van der Waals surface area contributed by atoms with Gasteiger partial charge in [0.05, 0.1) is 11.0 Å². The van der Waals surface area contributed by atoms with Crippen LogP contribution in [0.5, 0.6) is 0 Å². The first-order valence-corrected chi connectivity index (χ1v) is 7.45. The van der Waals surface area contributed by atoms with E-state index in [-0.39, 0.29) is 0 Å². The van der Waals surface area contributed by atoms with E-state index in [0.29, 0.717) is 0 Å². The first-order chi connectivity index (χ1) is 9.88. The van der Waals surface area contributed by atoms with Crippen molar-refractivity contribution in [1.29, 1.82) is 0 Å². The maximum absolute atomic E-state index is 4.70. The molecule has 1 aromatic carbocycles. The van der Waals surface area contributed by atoms with Crippen LogP contribution in [0.1, 0.15) is 5.56 Å². The minimum absolute atomic E-state index is 0.774. The van der Waals surface area contributed by atoms with Gasteiger partial charge in [-0.05, 0) is 23.8 Å². The van der Waals surface area contributed by atoms with E-state index in [1.807, 2.05) is 36.5 Å². The zero-order chi connectivity index (χ0) is 13.8. The molecule has 0 bridgehead atoms. The fraction of sp³-hybridized carbons (Fsp3) is 0.125. The van der Waals surface area contributed by atoms with Gasteiger partial charge in [0.2, 0.25) is 0 Å². The molecule has 2 heterocycles. The number of hydrogen-bond acceptors (Lipinski definition) is 3. The number of pyridine rings is 1. The normalized spacial score (nSPS) is 10.8. The molecule has 3 nitrogen and oxygen atoms in total. The lowest BCUT2D eigenvalue weighted by Gasteiger charge is -2.05. The summed E-state index contributed by atoms with van der Waals surface area (Å²) in [6, 6.07) is 12.2. The van der Waals surface area contributed by atoms with Crippen molar-refractivity contribution < 1.29 is 0 Å². The standard InChI is InChI=1S/C16H15N3S/c1-2-10-19-15-8-4-3-7-14(15)18-16(19)20-12-13-6-5-9-17-11-13/h2-9,11H,1,10,12H2. The first kappa shape index (κ1) is 12.9. The summed E-state index contributed by atoms with van der Waals surface area (Å²) in [7, 11) is 0. The molecule has 0 unspecified atom stereocenters. The topological polar surface area (TPSA) is 30.7 Å². The lowest BCUT2D eigenvalue weighted by molar-refractivity contribution is 0.748. The van der Waals surface area contributed by atoms with E-state index < -0.39 is 0 Å². The fourth-order valence-corrected chi connectivity index (χ4v) is 3.06. The Hall–Kier alpha value is -2.07. The van der Waals surface area contributed by atoms with Gasteiger partial charge in [-0.25, -0.2) is 4.98 Å². The molecule has 20 heavy (non-hydrogen) atoms. The van der Waals surface area contributed by atoms with Crippen molar-refractivity contribution in [2.45, 2.75) is 17.5 Å². The fourth-order valence-electron chi connectivity index (χ4n) is 2.10. The number of fused-ring (bicyclic) bond motifs is 1. The third-order valence-corrected chi connectivity index (χ3v) is 4.07. The number of aromatic nitrogens is 3. The number of para-hydroxylation sites is 2. The summed E-state index contributed by atoms with van der Waals surface area (Å²) in [6.45, 7) is 4.61. The van der Waals surface area contributed by atoms with Crippen molar-refractivity contribution in [2.75, 3.05) is 0 Å². The number of hydrogen-bond donors (Lipinski definition) is 0. The molecule has 100 valence electrons. The molecule has 0 saturated carbocycles. The third kappa shape index (κ3) is 2.60. The van der Waals surface area contributed by atoms with Gasteiger partial charge >= 0.3 is 0 Å². The van der Waals surface area contributed by atoms with Crippen LogP contribution in [0.25, 0.3) is 11.0 Å². The molecular weight excluding hydrogens is 266 g/mol. The van der Waals surface area contributed by atoms with Crippen LogP contribution in [-0.4, -0.2) is 14.5 Å². The first-order valence-electron chi connectivity index (χ1n) is 6.46. The molecule has 0 spiro atoms. The number of thioether (sulfide) groups is 1. The van der Waals surface area contributed by atoms with Gasteiger partial charge in [0.1, 0.15) is 0 Å². The van der Waals surface area contributed by atoms with Crippen molar-refractivity contribution in [2.24, 2.45) is 0 Å². The third-order valence-electron chi connectivity index (χ3n) is 3.02. The lowest BCUT2D eigenvalue weighted by Crippen LogP contribution is -1.97. The number of rotatable bonds is 5. The Balaban J connectivity index is 1.90. The van der Waals surface area contributed by atoms with Crippen molar-refractivity contribution >= 4 is 22.8 Å². The Kier molecular flexibility index (Phi) is 3.83. The van der Waals surface area contributed by atoms with Crippen LogP contribution in [0.4, 0.5) is 0 Å². The molecule has 0 saturated heterocycles. The van der Waals surface area contributed by atoms with Crippen molar-refractivity contribution in [3.63, 3.8) is 0 Å². The molecule has 3 aromatic rings. The van der Waals surface area contributed by atoms with Crippen molar-refractivity contribution in [3.05, 3.63) is 67.0 Å². The molecule has 2 aromatic heterocycles. The number of benzene rings is 1. The highest BCUT2D eigenvalue weighted by atomic mass is 32.2. The Bertz CT molecular complexity index is 719. The highest BCUT2D eigenvalue weighted by molar-refractivity contribution is 7.98. The summed E-state index contributed by atoms with van der Waals surface area (Å²) in [5, 5.41) is 1.02. The van der Waals surface area contributed by atoms with Crippen molar-refractivity contribution in [1.82, 2.24) is 14.5 Å². The maximum atomic E-state index is 4.70. The Morgan fingerprint density at radius 3 is 2.90 bits per heavy atom. The van der Waals surface area contributed by atoms with E-state index in [9.17, 15) is 0 Å². The number of nitrogens with zero attached hydrogens (tertiary/aromatic N) is 3. The lowest BCUT2D eigenvalue weighted by atomic mass is 10.3. The van der Waals surface area contributed by atoms with Gasteiger partial charge in [-0.1, -0.05) is 36.0 Å². The molecule has 0 amide bonds.